The Balaban J connectivity index is 3.07. The van der Waals surface area contributed by atoms with Gasteiger partial charge in [-0.05, 0) is 13.8 Å². The van der Waals surface area contributed by atoms with Crippen LogP contribution < -0.4 is 11.5 Å². The van der Waals surface area contributed by atoms with Crippen LogP contribution in [0.15, 0.2) is 0 Å². The largest absolute Gasteiger partial charge is 0.396 e. The van der Waals surface area contributed by atoms with Crippen LogP contribution >= 0.6 is 0 Å². The molecule has 0 fully saturated rings. The second-order valence-corrected chi connectivity index (χ2v) is 3.26. The monoisotopic (exact) mass is 184 g/mol. The molecule has 13 heavy (non-hydrogen) atoms. The maximum Gasteiger partial charge on any atom is 0.150 e. The Morgan fingerprint density at radius 1 is 1.46 bits per heavy atom. The van der Waals surface area contributed by atoms with Crippen LogP contribution in [0.4, 0.5) is 11.6 Å². The summed E-state index contributed by atoms with van der Waals surface area (Å²) in [6, 6.07) is 0.190. The Morgan fingerprint density at radius 2 is 2.08 bits per heavy atom. The van der Waals surface area contributed by atoms with Crippen LogP contribution in [-0.2, 0) is 6.42 Å². The molecule has 0 aliphatic heterocycles. The van der Waals surface area contributed by atoms with E-state index in [4.69, 9.17) is 16.6 Å². The molecule has 0 amide bonds. The maximum atomic E-state index is 8.77. The minimum absolute atomic E-state index is 0.0399. The fourth-order valence-corrected chi connectivity index (χ4v) is 1.26. The zero-order valence-corrected chi connectivity index (χ0v) is 7.99. The van der Waals surface area contributed by atoms with Gasteiger partial charge in [-0.3, -0.25) is 0 Å². The number of nitrogens with zero attached hydrogens (tertiary/aromatic N) is 2. The van der Waals surface area contributed by atoms with E-state index in [0.29, 0.717) is 18.1 Å². The standard InChI is InChI=1S/C8H16N4O/c1-5(2)12-8(10)6(3-4-13)7(9)11-12/h5,13H,3-4,10H2,1-2H3,(H2,9,11). The van der Waals surface area contributed by atoms with E-state index < -0.39 is 0 Å². The molecule has 74 valence electrons. The van der Waals surface area contributed by atoms with Gasteiger partial charge in [0.15, 0.2) is 5.82 Å². The maximum absolute atomic E-state index is 8.77. The topological polar surface area (TPSA) is 90.1 Å². The van der Waals surface area contributed by atoms with E-state index in [-0.39, 0.29) is 12.6 Å². The molecule has 1 heterocycles. The van der Waals surface area contributed by atoms with Gasteiger partial charge < -0.3 is 16.6 Å². The average Bonchev–Trinajstić information content (AvgIpc) is 2.32. The zero-order valence-electron chi connectivity index (χ0n) is 7.99. The third-order valence-corrected chi connectivity index (χ3v) is 1.93. The Kier molecular flexibility index (Phi) is 2.77. The molecule has 1 rings (SSSR count). The Morgan fingerprint density at radius 3 is 2.46 bits per heavy atom. The van der Waals surface area contributed by atoms with E-state index in [1.807, 2.05) is 13.8 Å². The molecule has 1 aromatic heterocycles. The number of nitrogens with two attached hydrogens (primary N) is 2. The van der Waals surface area contributed by atoms with Gasteiger partial charge in [0.2, 0.25) is 0 Å². The summed E-state index contributed by atoms with van der Waals surface area (Å²) in [5.41, 5.74) is 12.2. The first-order chi connectivity index (χ1) is 6.07. The number of aromatic nitrogens is 2. The lowest BCUT2D eigenvalue weighted by Gasteiger charge is -2.07. The van der Waals surface area contributed by atoms with E-state index in [1.165, 1.54) is 0 Å². The van der Waals surface area contributed by atoms with Crippen molar-refractivity contribution >= 4 is 11.6 Å². The fourth-order valence-electron chi connectivity index (χ4n) is 1.26. The first kappa shape index (κ1) is 9.85. The number of hydrogen-bond acceptors (Lipinski definition) is 4. The molecule has 0 spiro atoms. The molecular formula is C8H16N4O. The van der Waals surface area contributed by atoms with Gasteiger partial charge in [-0.15, -0.1) is 0 Å². The smallest absolute Gasteiger partial charge is 0.150 e. The number of aliphatic hydroxyl groups excluding tert-OH is 1. The first-order valence-electron chi connectivity index (χ1n) is 4.31. The van der Waals surface area contributed by atoms with Gasteiger partial charge >= 0.3 is 0 Å². The van der Waals surface area contributed by atoms with Gasteiger partial charge in [-0.25, -0.2) is 4.68 Å². The van der Waals surface area contributed by atoms with Crippen molar-refractivity contribution in [1.82, 2.24) is 9.78 Å². The third-order valence-electron chi connectivity index (χ3n) is 1.93. The molecule has 0 unspecified atom stereocenters. The van der Waals surface area contributed by atoms with Crippen LogP contribution in [0.1, 0.15) is 25.5 Å². The quantitative estimate of drug-likeness (QED) is 0.624. The van der Waals surface area contributed by atoms with Crippen molar-refractivity contribution in [3.63, 3.8) is 0 Å². The van der Waals surface area contributed by atoms with E-state index in [2.05, 4.69) is 5.10 Å². The molecule has 5 nitrogen and oxygen atoms in total. The summed E-state index contributed by atoms with van der Waals surface area (Å²) in [7, 11) is 0. The molecule has 0 aromatic carbocycles. The number of hydrogen-bond donors (Lipinski definition) is 3. The second-order valence-electron chi connectivity index (χ2n) is 3.26. The predicted octanol–water partition coefficient (Wildman–Crippen LogP) is 0.163. The molecule has 5 N–H and O–H groups in total. The number of nitrogen functional groups attached to an aromatic ring is 2. The number of anilines is 2. The van der Waals surface area contributed by atoms with Gasteiger partial charge in [0.1, 0.15) is 5.82 Å². The third kappa shape index (κ3) is 1.75. The van der Waals surface area contributed by atoms with Gasteiger partial charge in [-0.1, -0.05) is 0 Å². The van der Waals surface area contributed by atoms with Crippen LogP contribution in [0, 0.1) is 0 Å². The predicted molar refractivity (Wildman–Crippen MR) is 52.2 cm³/mol. The molecule has 5 heteroatoms. The summed E-state index contributed by atoms with van der Waals surface area (Å²) in [5.74, 6) is 0.974. The van der Waals surface area contributed by atoms with Crippen LogP contribution in [0.2, 0.25) is 0 Å². The minimum atomic E-state index is 0.0399. The summed E-state index contributed by atoms with van der Waals surface area (Å²) in [4.78, 5) is 0. The van der Waals surface area contributed by atoms with Crippen molar-refractivity contribution < 1.29 is 5.11 Å². The van der Waals surface area contributed by atoms with Gasteiger partial charge in [-0.2, -0.15) is 5.10 Å². The van der Waals surface area contributed by atoms with Crippen LogP contribution in [0.3, 0.4) is 0 Å². The van der Waals surface area contributed by atoms with Crippen LogP contribution in [-0.4, -0.2) is 21.5 Å². The molecule has 0 saturated carbocycles. The molecule has 1 aromatic rings. The summed E-state index contributed by atoms with van der Waals surface area (Å²) in [6.45, 7) is 4.00. The van der Waals surface area contributed by atoms with Crippen molar-refractivity contribution in [1.29, 1.82) is 0 Å². The molecule has 0 aliphatic carbocycles. The lowest BCUT2D eigenvalue weighted by atomic mass is 10.2. The van der Waals surface area contributed by atoms with Crippen molar-refractivity contribution in [2.45, 2.75) is 26.3 Å². The highest BCUT2D eigenvalue weighted by Crippen LogP contribution is 2.22. The van der Waals surface area contributed by atoms with Gasteiger partial charge in [0, 0.05) is 24.6 Å². The second kappa shape index (κ2) is 3.66. The summed E-state index contributed by atoms with van der Waals surface area (Å²) < 4.78 is 1.67. The summed E-state index contributed by atoms with van der Waals surface area (Å²) in [5, 5.41) is 12.9. The number of rotatable bonds is 3. The number of aliphatic hydroxyl groups is 1. The summed E-state index contributed by atoms with van der Waals surface area (Å²) >= 11 is 0. The molecule has 0 aliphatic rings. The molecule has 0 saturated heterocycles. The van der Waals surface area contributed by atoms with Crippen molar-refractivity contribution in [3.8, 4) is 0 Å². The highest BCUT2D eigenvalue weighted by atomic mass is 16.3. The van der Waals surface area contributed by atoms with E-state index in [0.717, 1.165) is 5.56 Å². The Labute approximate surface area is 77.3 Å². The molecule has 0 atom stereocenters. The van der Waals surface area contributed by atoms with E-state index in [1.54, 1.807) is 4.68 Å². The SMILES string of the molecule is CC(C)n1nc(N)c(CCO)c1N. The van der Waals surface area contributed by atoms with Crippen molar-refractivity contribution in [2.75, 3.05) is 18.1 Å². The average molecular weight is 184 g/mol. The van der Waals surface area contributed by atoms with E-state index >= 15 is 0 Å². The first-order valence-corrected chi connectivity index (χ1v) is 4.31. The fraction of sp³-hybridized carbons (Fsp3) is 0.625. The normalized spacial score (nSPS) is 11.1. The minimum Gasteiger partial charge on any atom is -0.396 e. The Hall–Kier alpha value is -1.23. The zero-order chi connectivity index (χ0) is 10.0. The van der Waals surface area contributed by atoms with Crippen molar-refractivity contribution in [2.24, 2.45) is 0 Å². The van der Waals surface area contributed by atoms with Crippen LogP contribution in [0.5, 0.6) is 0 Å². The van der Waals surface area contributed by atoms with Crippen molar-refractivity contribution in [3.05, 3.63) is 5.56 Å². The highest BCUT2D eigenvalue weighted by Gasteiger charge is 2.13. The van der Waals surface area contributed by atoms with E-state index in [9.17, 15) is 0 Å². The van der Waals surface area contributed by atoms with Gasteiger partial charge in [0.05, 0.1) is 0 Å². The lowest BCUT2D eigenvalue weighted by Crippen LogP contribution is -2.08. The Bertz CT molecular complexity index is 293. The molecular weight excluding hydrogens is 168 g/mol. The summed E-state index contributed by atoms with van der Waals surface area (Å²) in [6.07, 6.45) is 0.463. The lowest BCUT2D eigenvalue weighted by molar-refractivity contribution is 0.300. The molecule has 0 bridgehead atoms. The van der Waals surface area contributed by atoms with Gasteiger partial charge in [0.25, 0.3) is 0 Å². The molecule has 0 radical (unpaired) electrons. The highest BCUT2D eigenvalue weighted by molar-refractivity contribution is 5.54. The van der Waals surface area contributed by atoms with Crippen LogP contribution in [0.25, 0.3) is 0 Å².